The normalized spacial score (nSPS) is 16.9. The van der Waals surface area contributed by atoms with Crippen molar-refractivity contribution in [2.45, 2.75) is 38.1 Å². The molecule has 0 aromatic heterocycles. The van der Waals surface area contributed by atoms with Crippen LogP contribution >= 0.6 is 0 Å². The van der Waals surface area contributed by atoms with Crippen LogP contribution in [-0.2, 0) is 16.0 Å². The van der Waals surface area contributed by atoms with Gasteiger partial charge in [-0.15, -0.1) is 0 Å². The Hall–Kier alpha value is -1.88. The van der Waals surface area contributed by atoms with Crippen LogP contribution in [0.3, 0.4) is 0 Å². The highest BCUT2D eigenvalue weighted by molar-refractivity contribution is 5.86. The number of carbonyl (C=O) groups is 2. The van der Waals surface area contributed by atoms with Crippen molar-refractivity contribution in [3.8, 4) is 0 Å². The molecule has 1 heterocycles. The van der Waals surface area contributed by atoms with Gasteiger partial charge in [-0.3, -0.25) is 9.59 Å². The lowest BCUT2D eigenvalue weighted by molar-refractivity contribution is -0.127. The minimum atomic E-state index is -0.636. The fraction of sp³-hybridized carbons (Fsp3) is 0.529. The second-order valence-corrected chi connectivity index (χ2v) is 5.94. The van der Waals surface area contributed by atoms with Gasteiger partial charge in [0.2, 0.25) is 11.8 Å². The van der Waals surface area contributed by atoms with Crippen molar-refractivity contribution in [2.24, 2.45) is 11.7 Å². The van der Waals surface area contributed by atoms with Crippen LogP contribution in [0.1, 0.15) is 31.2 Å². The third-order valence-electron chi connectivity index (χ3n) is 4.20. The van der Waals surface area contributed by atoms with Crippen LogP contribution in [0.2, 0.25) is 0 Å². The summed E-state index contributed by atoms with van der Waals surface area (Å²) in [6.07, 6.45) is 4.02. The molecule has 22 heavy (non-hydrogen) atoms. The van der Waals surface area contributed by atoms with Gasteiger partial charge in [0, 0.05) is 12.8 Å². The Kier molecular flexibility index (Phi) is 6.40. The number of hydrogen-bond donors (Lipinski definition) is 3. The van der Waals surface area contributed by atoms with Gasteiger partial charge in [-0.25, -0.2) is 0 Å². The van der Waals surface area contributed by atoms with Crippen LogP contribution < -0.4 is 16.4 Å². The van der Waals surface area contributed by atoms with Crippen LogP contribution in [0.5, 0.6) is 0 Å². The molecule has 0 aliphatic carbocycles. The predicted octanol–water partition coefficient (Wildman–Crippen LogP) is 0.979. The molecule has 0 radical (unpaired) electrons. The molecule has 120 valence electrons. The molecule has 1 aliphatic rings. The largest absolute Gasteiger partial charge is 0.368 e. The quantitative estimate of drug-likeness (QED) is 0.702. The fourth-order valence-electron chi connectivity index (χ4n) is 2.84. The Bertz CT molecular complexity index is 484. The third-order valence-corrected chi connectivity index (χ3v) is 4.20. The summed E-state index contributed by atoms with van der Waals surface area (Å²) in [5, 5.41) is 6.09. The molecule has 2 amide bonds. The van der Waals surface area contributed by atoms with E-state index in [0.29, 0.717) is 18.8 Å². The zero-order valence-corrected chi connectivity index (χ0v) is 12.9. The smallest absolute Gasteiger partial charge is 0.240 e. The number of piperidine rings is 1. The maximum atomic E-state index is 12.1. The molecular weight excluding hydrogens is 278 g/mol. The molecule has 1 fully saturated rings. The highest BCUT2D eigenvalue weighted by Crippen LogP contribution is 2.17. The Morgan fingerprint density at radius 1 is 1.23 bits per heavy atom. The van der Waals surface area contributed by atoms with E-state index >= 15 is 0 Å². The Balaban J connectivity index is 1.79. The monoisotopic (exact) mass is 303 g/mol. The second-order valence-electron chi connectivity index (χ2n) is 5.94. The van der Waals surface area contributed by atoms with Crippen LogP contribution in [-0.4, -0.2) is 30.9 Å². The van der Waals surface area contributed by atoms with Gasteiger partial charge in [-0.1, -0.05) is 30.3 Å². The maximum Gasteiger partial charge on any atom is 0.240 e. The van der Waals surface area contributed by atoms with E-state index in [0.717, 1.165) is 37.9 Å². The summed E-state index contributed by atoms with van der Waals surface area (Å²) in [4.78, 5) is 23.6. The number of nitrogens with one attached hydrogen (secondary N) is 2. The minimum Gasteiger partial charge on any atom is -0.368 e. The first-order valence-electron chi connectivity index (χ1n) is 7.98. The minimum absolute atomic E-state index is 0.0849. The van der Waals surface area contributed by atoms with Crippen molar-refractivity contribution in [1.82, 2.24) is 10.6 Å². The summed E-state index contributed by atoms with van der Waals surface area (Å²) in [6.45, 7) is 2.06. The molecule has 5 nitrogen and oxygen atoms in total. The average Bonchev–Trinajstić information content (AvgIpc) is 2.54. The van der Waals surface area contributed by atoms with Gasteiger partial charge in [0.1, 0.15) is 6.04 Å². The number of carbonyl (C=O) groups excluding carboxylic acids is 2. The van der Waals surface area contributed by atoms with Crippen LogP contribution in [0.25, 0.3) is 0 Å². The molecule has 1 aromatic carbocycles. The van der Waals surface area contributed by atoms with E-state index in [1.165, 1.54) is 0 Å². The summed E-state index contributed by atoms with van der Waals surface area (Å²) in [5.41, 5.74) is 6.40. The Labute approximate surface area is 131 Å². The number of rotatable bonds is 7. The standard InChI is InChI=1S/C17H25N3O2/c18-17(22)15(12-14-4-2-1-3-5-14)20-16(21)7-6-13-8-10-19-11-9-13/h1-5,13,15,19H,6-12H2,(H2,18,22)(H,20,21). The SMILES string of the molecule is NC(=O)C(Cc1ccccc1)NC(=O)CCC1CCNCC1. The van der Waals surface area contributed by atoms with Gasteiger partial charge in [0.05, 0.1) is 0 Å². The lowest BCUT2D eigenvalue weighted by atomic mass is 9.93. The Morgan fingerprint density at radius 2 is 1.91 bits per heavy atom. The van der Waals surface area contributed by atoms with Gasteiger partial charge in [0.25, 0.3) is 0 Å². The molecule has 0 bridgehead atoms. The molecule has 1 saturated heterocycles. The summed E-state index contributed by atoms with van der Waals surface area (Å²) in [5.74, 6) is 0.0329. The van der Waals surface area contributed by atoms with Gasteiger partial charge in [-0.2, -0.15) is 0 Å². The van der Waals surface area contributed by atoms with Crippen molar-refractivity contribution in [2.75, 3.05) is 13.1 Å². The van der Waals surface area contributed by atoms with Gasteiger partial charge >= 0.3 is 0 Å². The average molecular weight is 303 g/mol. The number of benzene rings is 1. The van der Waals surface area contributed by atoms with Crippen molar-refractivity contribution in [3.05, 3.63) is 35.9 Å². The van der Waals surface area contributed by atoms with E-state index in [2.05, 4.69) is 10.6 Å². The molecule has 0 saturated carbocycles. The van der Waals surface area contributed by atoms with Crippen LogP contribution in [0.15, 0.2) is 30.3 Å². The molecule has 5 heteroatoms. The van der Waals surface area contributed by atoms with Crippen LogP contribution in [0, 0.1) is 5.92 Å². The summed E-state index contributed by atoms with van der Waals surface area (Å²) in [6, 6.07) is 8.95. The fourth-order valence-corrected chi connectivity index (χ4v) is 2.84. The molecule has 1 aliphatic heterocycles. The van der Waals surface area contributed by atoms with E-state index in [4.69, 9.17) is 5.73 Å². The number of nitrogens with two attached hydrogens (primary N) is 1. The molecular formula is C17H25N3O2. The zero-order chi connectivity index (χ0) is 15.8. The van der Waals surface area contributed by atoms with E-state index in [9.17, 15) is 9.59 Å². The molecule has 0 spiro atoms. The first-order chi connectivity index (χ1) is 10.6. The molecule has 1 atom stereocenters. The highest BCUT2D eigenvalue weighted by atomic mass is 16.2. The van der Waals surface area contributed by atoms with Gasteiger partial charge in [-0.05, 0) is 43.8 Å². The molecule has 1 unspecified atom stereocenters. The van der Waals surface area contributed by atoms with Gasteiger partial charge in [0.15, 0.2) is 0 Å². The summed E-state index contributed by atoms with van der Waals surface area (Å²) >= 11 is 0. The van der Waals surface area contributed by atoms with E-state index in [1.807, 2.05) is 30.3 Å². The maximum absolute atomic E-state index is 12.1. The lowest BCUT2D eigenvalue weighted by Gasteiger charge is -2.22. The number of amides is 2. The molecule has 1 aromatic rings. The van der Waals surface area contributed by atoms with Crippen molar-refractivity contribution in [3.63, 3.8) is 0 Å². The number of hydrogen-bond acceptors (Lipinski definition) is 3. The first kappa shape index (κ1) is 16.5. The second kappa shape index (κ2) is 8.54. The molecule has 2 rings (SSSR count). The van der Waals surface area contributed by atoms with E-state index < -0.39 is 11.9 Å². The topological polar surface area (TPSA) is 84.2 Å². The predicted molar refractivity (Wildman–Crippen MR) is 86.1 cm³/mol. The highest BCUT2D eigenvalue weighted by Gasteiger charge is 2.20. The third kappa shape index (κ3) is 5.48. The van der Waals surface area contributed by atoms with Crippen LogP contribution in [0.4, 0.5) is 0 Å². The Morgan fingerprint density at radius 3 is 2.55 bits per heavy atom. The zero-order valence-electron chi connectivity index (χ0n) is 12.9. The van der Waals surface area contributed by atoms with Crippen molar-refractivity contribution >= 4 is 11.8 Å². The number of primary amides is 1. The summed E-state index contributed by atoms with van der Waals surface area (Å²) < 4.78 is 0. The summed E-state index contributed by atoms with van der Waals surface area (Å²) in [7, 11) is 0. The van der Waals surface area contributed by atoms with Crippen molar-refractivity contribution < 1.29 is 9.59 Å². The lowest BCUT2D eigenvalue weighted by Crippen LogP contribution is -2.46. The first-order valence-corrected chi connectivity index (χ1v) is 7.98. The van der Waals surface area contributed by atoms with Crippen molar-refractivity contribution in [1.29, 1.82) is 0 Å². The van der Waals surface area contributed by atoms with Gasteiger partial charge < -0.3 is 16.4 Å². The van der Waals surface area contributed by atoms with E-state index in [-0.39, 0.29) is 5.91 Å². The van der Waals surface area contributed by atoms with E-state index in [1.54, 1.807) is 0 Å². The molecule has 4 N–H and O–H groups in total.